The van der Waals surface area contributed by atoms with E-state index in [1.165, 1.54) is 12.1 Å². The van der Waals surface area contributed by atoms with Crippen LogP contribution in [0.3, 0.4) is 0 Å². The normalized spacial score (nSPS) is 23.0. The highest BCUT2D eigenvalue weighted by Gasteiger charge is 2.29. The van der Waals surface area contributed by atoms with Gasteiger partial charge in [-0.05, 0) is 25.8 Å². The maximum Gasteiger partial charge on any atom is 0.273 e. The van der Waals surface area contributed by atoms with Crippen molar-refractivity contribution in [2.45, 2.75) is 49.6 Å². The maximum absolute atomic E-state index is 12.3. The van der Waals surface area contributed by atoms with Gasteiger partial charge in [-0.2, -0.15) is 0 Å². The minimum Gasteiger partial charge on any atom is -0.391 e. The van der Waals surface area contributed by atoms with E-state index >= 15 is 0 Å². The van der Waals surface area contributed by atoms with Crippen molar-refractivity contribution in [3.63, 3.8) is 0 Å². The standard InChI is InChI=1S/C13H18N2O5S/c1-9-6-7-10(8-12(9)15(17)18)21(19,20)14-11-4-2-3-5-13(11)16/h6-8,11,13-14,16H,2-5H2,1H3/t11-,13-/m0/s1. The SMILES string of the molecule is Cc1ccc(S(=O)(=O)N[C@H]2CCCC[C@@H]2O)cc1[N+](=O)[O-]. The zero-order valence-electron chi connectivity index (χ0n) is 11.7. The molecule has 0 aliphatic heterocycles. The van der Waals surface area contributed by atoms with Crippen LogP contribution < -0.4 is 4.72 Å². The first-order valence-corrected chi connectivity index (χ1v) is 8.25. The van der Waals surface area contributed by atoms with Gasteiger partial charge in [0.2, 0.25) is 10.0 Å². The number of hydrogen-bond donors (Lipinski definition) is 2. The Kier molecular flexibility index (Phi) is 4.60. The van der Waals surface area contributed by atoms with E-state index < -0.39 is 27.1 Å². The molecule has 2 rings (SSSR count). The molecule has 1 aliphatic carbocycles. The van der Waals surface area contributed by atoms with E-state index in [9.17, 15) is 23.6 Å². The lowest BCUT2D eigenvalue weighted by Gasteiger charge is -2.28. The van der Waals surface area contributed by atoms with Crippen molar-refractivity contribution in [2.24, 2.45) is 0 Å². The molecular formula is C13H18N2O5S. The molecule has 0 radical (unpaired) electrons. The molecule has 1 aromatic carbocycles. The van der Waals surface area contributed by atoms with E-state index in [2.05, 4.69) is 4.72 Å². The Morgan fingerprint density at radius 1 is 1.33 bits per heavy atom. The van der Waals surface area contributed by atoms with Gasteiger partial charge in [0.05, 0.1) is 15.9 Å². The van der Waals surface area contributed by atoms with Gasteiger partial charge in [-0.1, -0.05) is 18.9 Å². The predicted molar refractivity (Wildman–Crippen MR) is 76.4 cm³/mol. The molecule has 0 heterocycles. The van der Waals surface area contributed by atoms with Crippen molar-refractivity contribution in [3.05, 3.63) is 33.9 Å². The number of rotatable bonds is 4. The zero-order valence-corrected chi connectivity index (χ0v) is 12.5. The van der Waals surface area contributed by atoms with E-state index in [-0.39, 0.29) is 10.6 Å². The summed E-state index contributed by atoms with van der Waals surface area (Å²) in [6, 6.07) is 3.25. The second kappa shape index (κ2) is 6.08. The molecule has 0 amide bonds. The highest BCUT2D eigenvalue weighted by Crippen LogP contribution is 2.24. The fraction of sp³-hybridized carbons (Fsp3) is 0.538. The Hall–Kier alpha value is -1.51. The smallest absolute Gasteiger partial charge is 0.273 e. The summed E-state index contributed by atoms with van der Waals surface area (Å²) >= 11 is 0. The summed E-state index contributed by atoms with van der Waals surface area (Å²) in [4.78, 5) is 10.1. The molecule has 0 unspecified atom stereocenters. The first kappa shape index (κ1) is 15.9. The van der Waals surface area contributed by atoms with Gasteiger partial charge in [0.15, 0.2) is 0 Å². The number of nitro groups is 1. The Morgan fingerprint density at radius 2 is 2.00 bits per heavy atom. The monoisotopic (exact) mass is 314 g/mol. The summed E-state index contributed by atoms with van der Waals surface area (Å²) in [5.74, 6) is 0. The van der Waals surface area contributed by atoms with Crippen LogP contribution in [-0.2, 0) is 10.0 Å². The van der Waals surface area contributed by atoms with Crippen molar-refractivity contribution in [1.29, 1.82) is 0 Å². The molecule has 0 spiro atoms. The van der Waals surface area contributed by atoms with Crippen molar-refractivity contribution in [3.8, 4) is 0 Å². The first-order valence-electron chi connectivity index (χ1n) is 6.77. The quantitative estimate of drug-likeness (QED) is 0.646. The molecule has 0 saturated heterocycles. The minimum atomic E-state index is -3.88. The molecule has 1 saturated carbocycles. The molecule has 8 heteroatoms. The van der Waals surface area contributed by atoms with Gasteiger partial charge in [-0.3, -0.25) is 10.1 Å². The lowest BCUT2D eigenvalue weighted by Crippen LogP contribution is -2.44. The number of nitro benzene ring substituents is 1. The lowest BCUT2D eigenvalue weighted by atomic mass is 9.93. The van der Waals surface area contributed by atoms with Crippen molar-refractivity contribution in [2.75, 3.05) is 0 Å². The Balaban J connectivity index is 2.27. The highest BCUT2D eigenvalue weighted by atomic mass is 32.2. The Labute approximate surface area is 123 Å². The van der Waals surface area contributed by atoms with Crippen LogP contribution in [0.4, 0.5) is 5.69 Å². The fourth-order valence-electron chi connectivity index (χ4n) is 2.47. The van der Waals surface area contributed by atoms with E-state index in [1.54, 1.807) is 6.92 Å². The van der Waals surface area contributed by atoms with Crippen LogP contribution in [0.1, 0.15) is 31.2 Å². The topological polar surface area (TPSA) is 110 Å². The molecular weight excluding hydrogens is 296 g/mol. The van der Waals surface area contributed by atoms with Crippen LogP contribution in [0.5, 0.6) is 0 Å². The molecule has 7 nitrogen and oxygen atoms in total. The van der Waals surface area contributed by atoms with Crippen LogP contribution in [-0.4, -0.2) is 30.6 Å². The molecule has 116 valence electrons. The van der Waals surface area contributed by atoms with Gasteiger partial charge in [0.25, 0.3) is 5.69 Å². The summed E-state index contributed by atoms with van der Waals surface area (Å²) < 4.78 is 27.0. The molecule has 21 heavy (non-hydrogen) atoms. The van der Waals surface area contributed by atoms with Crippen molar-refractivity contribution >= 4 is 15.7 Å². The molecule has 1 aliphatic rings. The second-order valence-electron chi connectivity index (χ2n) is 5.28. The van der Waals surface area contributed by atoms with Crippen LogP contribution in [0, 0.1) is 17.0 Å². The summed E-state index contributed by atoms with van der Waals surface area (Å²) in [7, 11) is -3.88. The van der Waals surface area contributed by atoms with Crippen LogP contribution in [0.2, 0.25) is 0 Å². The van der Waals surface area contributed by atoms with Gasteiger partial charge in [0.1, 0.15) is 0 Å². The van der Waals surface area contributed by atoms with Crippen LogP contribution >= 0.6 is 0 Å². The third-order valence-electron chi connectivity index (χ3n) is 3.72. The number of benzene rings is 1. The summed E-state index contributed by atoms with van der Waals surface area (Å²) in [6.07, 6.45) is 2.12. The molecule has 0 aromatic heterocycles. The highest BCUT2D eigenvalue weighted by molar-refractivity contribution is 7.89. The summed E-state index contributed by atoms with van der Waals surface area (Å²) in [5.41, 5.74) is 0.165. The number of nitrogens with one attached hydrogen (secondary N) is 1. The number of aryl methyl sites for hydroxylation is 1. The largest absolute Gasteiger partial charge is 0.391 e. The predicted octanol–water partition coefficient (Wildman–Crippen LogP) is 1.49. The molecule has 0 bridgehead atoms. The minimum absolute atomic E-state index is 0.155. The second-order valence-corrected chi connectivity index (χ2v) is 7.00. The molecule has 2 atom stereocenters. The number of aliphatic hydroxyl groups is 1. The van der Waals surface area contributed by atoms with Gasteiger partial charge in [-0.25, -0.2) is 13.1 Å². The number of nitrogens with zero attached hydrogens (tertiary/aromatic N) is 1. The molecule has 1 fully saturated rings. The van der Waals surface area contributed by atoms with Gasteiger partial charge in [-0.15, -0.1) is 0 Å². The van der Waals surface area contributed by atoms with E-state index in [0.29, 0.717) is 18.4 Å². The van der Waals surface area contributed by atoms with E-state index in [1.807, 2.05) is 0 Å². The molecule has 1 aromatic rings. The van der Waals surface area contributed by atoms with Crippen molar-refractivity contribution in [1.82, 2.24) is 4.72 Å². The van der Waals surface area contributed by atoms with E-state index in [0.717, 1.165) is 18.9 Å². The Morgan fingerprint density at radius 3 is 2.62 bits per heavy atom. The van der Waals surface area contributed by atoms with Crippen molar-refractivity contribution < 1.29 is 18.4 Å². The first-order chi connectivity index (χ1) is 9.81. The van der Waals surface area contributed by atoms with E-state index in [4.69, 9.17) is 0 Å². The lowest BCUT2D eigenvalue weighted by molar-refractivity contribution is -0.385. The third-order valence-corrected chi connectivity index (χ3v) is 5.21. The van der Waals surface area contributed by atoms with Gasteiger partial charge >= 0.3 is 0 Å². The van der Waals surface area contributed by atoms with Crippen LogP contribution in [0.15, 0.2) is 23.1 Å². The van der Waals surface area contributed by atoms with Crippen LogP contribution in [0.25, 0.3) is 0 Å². The average Bonchev–Trinajstić information content (AvgIpc) is 2.41. The zero-order chi connectivity index (χ0) is 15.6. The molecule has 2 N–H and O–H groups in total. The maximum atomic E-state index is 12.3. The van der Waals surface area contributed by atoms with Gasteiger partial charge in [0, 0.05) is 17.7 Å². The number of sulfonamides is 1. The van der Waals surface area contributed by atoms with Gasteiger partial charge < -0.3 is 5.11 Å². The summed E-state index contributed by atoms with van der Waals surface area (Å²) in [5, 5.41) is 20.7. The summed E-state index contributed by atoms with van der Waals surface area (Å²) in [6.45, 7) is 1.55. The number of hydrogen-bond acceptors (Lipinski definition) is 5. The Bertz CT molecular complexity index is 644. The average molecular weight is 314 g/mol. The fourth-order valence-corrected chi connectivity index (χ4v) is 3.79. The third kappa shape index (κ3) is 3.58. The number of aliphatic hydroxyl groups excluding tert-OH is 1.